The molecule has 0 aliphatic carbocycles. The molecule has 33 heavy (non-hydrogen) atoms. The van der Waals surface area contributed by atoms with Gasteiger partial charge in [-0.25, -0.2) is 4.79 Å². The van der Waals surface area contributed by atoms with Gasteiger partial charge in [0, 0.05) is 16.2 Å². The standard InChI is InChI=1S/C27H29NO3S2/c1-19-8-6-7-11-22(19)24-18-21(33-17-14-20-9-4-3-5-10-20)12-13-23(24)26(29)28-25(27(30)31)15-16-32-2/h3-13,18,25H,14-17H2,1-2H3,(H,28,29)(H,30,31). The van der Waals surface area contributed by atoms with Gasteiger partial charge in [0.05, 0.1) is 0 Å². The summed E-state index contributed by atoms with van der Waals surface area (Å²) in [5.74, 6) is 0.225. The van der Waals surface area contributed by atoms with E-state index in [1.807, 2.05) is 73.8 Å². The van der Waals surface area contributed by atoms with E-state index in [9.17, 15) is 14.7 Å². The highest BCUT2D eigenvalue weighted by atomic mass is 32.2. The number of rotatable bonds is 11. The van der Waals surface area contributed by atoms with Crippen molar-refractivity contribution >= 4 is 35.4 Å². The van der Waals surface area contributed by atoms with Crippen molar-refractivity contribution in [2.24, 2.45) is 0 Å². The molecule has 0 aromatic heterocycles. The molecule has 0 radical (unpaired) electrons. The van der Waals surface area contributed by atoms with Crippen LogP contribution in [0.15, 0.2) is 77.7 Å². The molecule has 3 aromatic carbocycles. The average molecular weight is 480 g/mol. The van der Waals surface area contributed by atoms with E-state index in [-0.39, 0.29) is 5.91 Å². The quantitative estimate of drug-likeness (QED) is 0.334. The second-order valence-corrected chi connectivity index (χ2v) is 9.91. The van der Waals surface area contributed by atoms with Crippen LogP contribution >= 0.6 is 23.5 Å². The lowest BCUT2D eigenvalue weighted by molar-refractivity contribution is -0.139. The van der Waals surface area contributed by atoms with Gasteiger partial charge in [-0.3, -0.25) is 4.79 Å². The monoisotopic (exact) mass is 479 g/mol. The Balaban J connectivity index is 1.85. The van der Waals surface area contributed by atoms with Gasteiger partial charge in [0.2, 0.25) is 0 Å². The van der Waals surface area contributed by atoms with Crippen LogP contribution in [0.25, 0.3) is 11.1 Å². The summed E-state index contributed by atoms with van der Waals surface area (Å²) in [6.45, 7) is 2.02. The smallest absolute Gasteiger partial charge is 0.326 e. The predicted octanol–water partition coefficient (Wildman–Crippen LogP) is 5.93. The number of hydrogen-bond donors (Lipinski definition) is 2. The van der Waals surface area contributed by atoms with Crippen LogP contribution in [0.4, 0.5) is 0 Å². The molecule has 3 aromatic rings. The maximum atomic E-state index is 13.2. The Bertz CT molecular complexity index is 1090. The van der Waals surface area contributed by atoms with Crippen LogP contribution in [-0.2, 0) is 11.2 Å². The van der Waals surface area contributed by atoms with Crippen LogP contribution in [0.1, 0.15) is 27.9 Å². The zero-order valence-electron chi connectivity index (χ0n) is 18.9. The van der Waals surface area contributed by atoms with E-state index in [1.54, 1.807) is 23.5 Å². The van der Waals surface area contributed by atoms with Gasteiger partial charge < -0.3 is 10.4 Å². The number of carboxylic acid groups (broad SMARTS) is 1. The third-order valence-electron chi connectivity index (χ3n) is 5.39. The van der Waals surface area contributed by atoms with E-state index >= 15 is 0 Å². The summed E-state index contributed by atoms with van der Waals surface area (Å²) in [5, 5.41) is 12.3. The van der Waals surface area contributed by atoms with Gasteiger partial charge in [-0.15, -0.1) is 11.8 Å². The highest BCUT2D eigenvalue weighted by molar-refractivity contribution is 7.99. The molecule has 0 spiro atoms. The lowest BCUT2D eigenvalue weighted by Crippen LogP contribution is -2.41. The summed E-state index contributed by atoms with van der Waals surface area (Å²) < 4.78 is 0. The van der Waals surface area contributed by atoms with Gasteiger partial charge in [0.15, 0.2) is 0 Å². The average Bonchev–Trinajstić information content (AvgIpc) is 2.82. The first-order chi connectivity index (χ1) is 16.0. The lowest BCUT2D eigenvalue weighted by atomic mass is 9.95. The van der Waals surface area contributed by atoms with E-state index < -0.39 is 12.0 Å². The topological polar surface area (TPSA) is 66.4 Å². The van der Waals surface area contributed by atoms with E-state index in [2.05, 4.69) is 17.4 Å². The fourth-order valence-electron chi connectivity index (χ4n) is 3.57. The molecule has 0 fully saturated rings. The Hall–Kier alpha value is -2.70. The first kappa shape index (κ1) is 24.9. The highest BCUT2D eigenvalue weighted by Gasteiger charge is 2.22. The van der Waals surface area contributed by atoms with Crippen molar-refractivity contribution in [2.75, 3.05) is 17.8 Å². The van der Waals surface area contributed by atoms with Gasteiger partial charge >= 0.3 is 5.97 Å². The molecule has 0 aliphatic rings. The minimum absolute atomic E-state index is 0.359. The largest absolute Gasteiger partial charge is 0.480 e. The van der Waals surface area contributed by atoms with Crippen molar-refractivity contribution < 1.29 is 14.7 Å². The molecule has 0 heterocycles. The molecule has 1 unspecified atom stereocenters. The highest BCUT2D eigenvalue weighted by Crippen LogP contribution is 2.32. The maximum Gasteiger partial charge on any atom is 0.326 e. The number of nitrogens with one attached hydrogen (secondary N) is 1. The van der Waals surface area contributed by atoms with E-state index in [4.69, 9.17) is 0 Å². The van der Waals surface area contributed by atoms with Crippen molar-refractivity contribution in [3.63, 3.8) is 0 Å². The number of carboxylic acids is 1. The van der Waals surface area contributed by atoms with Crippen molar-refractivity contribution in [3.8, 4) is 11.1 Å². The molecule has 3 rings (SSSR count). The van der Waals surface area contributed by atoms with Gasteiger partial charge in [-0.05, 0) is 72.2 Å². The third kappa shape index (κ3) is 7.14. The van der Waals surface area contributed by atoms with Crippen LogP contribution < -0.4 is 5.32 Å². The summed E-state index contributed by atoms with van der Waals surface area (Å²) in [4.78, 5) is 25.9. The van der Waals surface area contributed by atoms with Crippen LogP contribution in [0.2, 0.25) is 0 Å². The normalized spacial score (nSPS) is 11.7. The van der Waals surface area contributed by atoms with Crippen molar-refractivity contribution in [1.29, 1.82) is 0 Å². The van der Waals surface area contributed by atoms with Crippen molar-refractivity contribution in [3.05, 3.63) is 89.5 Å². The number of aliphatic carboxylic acids is 1. The Morgan fingerprint density at radius 3 is 2.36 bits per heavy atom. The Morgan fingerprint density at radius 2 is 1.67 bits per heavy atom. The SMILES string of the molecule is CSCCC(NC(=O)c1ccc(SCCc2ccccc2)cc1-c1ccccc1C)C(=O)O. The first-order valence-electron chi connectivity index (χ1n) is 10.9. The number of benzene rings is 3. The van der Waals surface area contributed by atoms with Gasteiger partial charge in [-0.1, -0.05) is 54.6 Å². The summed E-state index contributed by atoms with van der Waals surface area (Å²) >= 11 is 3.31. The Labute approximate surface area is 204 Å². The van der Waals surface area contributed by atoms with Crippen molar-refractivity contribution in [2.45, 2.75) is 30.7 Å². The molecule has 0 saturated heterocycles. The number of hydrogen-bond acceptors (Lipinski definition) is 4. The number of carbonyl (C=O) groups is 2. The molecule has 0 bridgehead atoms. The van der Waals surface area contributed by atoms with Crippen LogP contribution in [-0.4, -0.2) is 40.8 Å². The van der Waals surface area contributed by atoms with Crippen LogP contribution in [0.5, 0.6) is 0 Å². The second-order valence-electron chi connectivity index (χ2n) is 7.75. The zero-order chi connectivity index (χ0) is 23.6. The summed E-state index contributed by atoms with van der Waals surface area (Å²) in [6, 6.07) is 23.2. The third-order valence-corrected chi connectivity index (χ3v) is 7.03. The molecule has 6 heteroatoms. The molecule has 2 N–H and O–H groups in total. The fourth-order valence-corrected chi connectivity index (χ4v) is 4.98. The van der Waals surface area contributed by atoms with Gasteiger partial charge in [0.1, 0.15) is 6.04 Å². The minimum Gasteiger partial charge on any atom is -0.480 e. The molecule has 0 aliphatic heterocycles. The second kappa shape index (κ2) is 12.5. The first-order valence-corrected chi connectivity index (χ1v) is 13.3. The van der Waals surface area contributed by atoms with Gasteiger partial charge in [-0.2, -0.15) is 11.8 Å². The molecule has 1 amide bonds. The fraction of sp³-hybridized carbons (Fsp3) is 0.259. The number of amides is 1. The molecule has 0 saturated carbocycles. The minimum atomic E-state index is -1.01. The lowest BCUT2D eigenvalue weighted by Gasteiger charge is -2.17. The summed E-state index contributed by atoms with van der Waals surface area (Å²) in [6.07, 6.45) is 3.27. The van der Waals surface area contributed by atoms with E-state index in [0.717, 1.165) is 33.8 Å². The summed E-state index contributed by atoms with van der Waals surface area (Å²) in [5.41, 5.74) is 4.65. The molecule has 4 nitrogen and oxygen atoms in total. The Kier molecular flexibility index (Phi) is 9.46. The molecular formula is C27H29NO3S2. The van der Waals surface area contributed by atoms with Crippen molar-refractivity contribution in [1.82, 2.24) is 5.32 Å². The predicted molar refractivity (Wildman–Crippen MR) is 139 cm³/mol. The molecular weight excluding hydrogens is 450 g/mol. The molecule has 172 valence electrons. The number of carbonyl (C=O) groups excluding carboxylic acids is 1. The van der Waals surface area contributed by atoms with E-state index in [1.165, 1.54) is 5.56 Å². The van der Waals surface area contributed by atoms with E-state index in [0.29, 0.717) is 17.7 Å². The number of thioether (sulfide) groups is 2. The van der Waals surface area contributed by atoms with Gasteiger partial charge in [0.25, 0.3) is 5.91 Å². The van der Waals surface area contributed by atoms with Crippen LogP contribution in [0.3, 0.4) is 0 Å². The number of aryl methyl sites for hydroxylation is 2. The Morgan fingerprint density at radius 1 is 0.939 bits per heavy atom. The van der Waals surface area contributed by atoms with Crippen LogP contribution in [0, 0.1) is 6.92 Å². The molecule has 1 atom stereocenters. The maximum absolute atomic E-state index is 13.2. The zero-order valence-corrected chi connectivity index (χ0v) is 20.5. The summed E-state index contributed by atoms with van der Waals surface area (Å²) in [7, 11) is 0.